The van der Waals surface area contributed by atoms with Gasteiger partial charge < -0.3 is 14.2 Å². The molecule has 0 unspecified atom stereocenters. The largest absolute Gasteiger partial charge is 0.497 e. The summed E-state index contributed by atoms with van der Waals surface area (Å²) in [6.07, 6.45) is 9.13. The Balaban J connectivity index is 2.14. The van der Waals surface area contributed by atoms with Crippen LogP contribution in [0.3, 0.4) is 0 Å². The summed E-state index contributed by atoms with van der Waals surface area (Å²) in [7, 11) is 1.61. The first-order valence-electron chi connectivity index (χ1n) is 5.15. The van der Waals surface area contributed by atoms with Gasteiger partial charge in [0, 0.05) is 5.56 Å². The summed E-state index contributed by atoms with van der Waals surface area (Å²) in [5.74, 6) is 5.72. The number of hydrogen-bond donors (Lipinski definition) is 0. The quantitative estimate of drug-likeness (QED) is 0.722. The maximum Gasteiger partial charge on any atom is 0.187 e. The minimum atomic E-state index is -0.511. The molecule has 1 aliphatic rings. The predicted molar refractivity (Wildman–Crippen MR) is 63.1 cm³/mol. The predicted octanol–water partition coefficient (Wildman–Crippen LogP) is 1.74. The van der Waals surface area contributed by atoms with Crippen LogP contribution >= 0.6 is 0 Å². The zero-order valence-electron chi connectivity index (χ0n) is 9.42. The van der Waals surface area contributed by atoms with E-state index >= 15 is 0 Å². The van der Waals surface area contributed by atoms with Gasteiger partial charge in [-0.3, -0.25) is 0 Å². The Hall–Kier alpha value is -1.94. The summed E-state index contributed by atoms with van der Waals surface area (Å²) in [5.41, 5.74) is 0.865. The number of ether oxygens (including phenoxy) is 3. The number of methoxy groups -OCH3 is 1. The molecule has 3 nitrogen and oxygen atoms in total. The SMILES string of the molecule is C#C[C@@H]1OC(c2ccc(OC)cc2)O[C@H]1C#C. The van der Waals surface area contributed by atoms with Crippen LogP contribution in [0.15, 0.2) is 24.3 Å². The molecule has 1 fully saturated rings. The van der Waals surface area contributed by atoms with Crippen molar-refractivity contribution in [3.63, 3.8) is 0 Å². The van der Waals surface area contributed by atoms with Crippen molar-refractivity contribution in [1.29, 1.82) is 0 Å². The van der Waals surface area contributed by atoms with Crippen LogP contribution in [0.4, 0.5) is 0 Å². The average molecular weight is 228 g/mol. The zero-order chi connectivity index (χ0) is 12.3. The van der Waals surface area contributed by atoms with E-state index in [-0.39, 0.29) is 0 Å². The molecule has 1 aromatic carbocycles. The van der Waals surface area contributed by atoms with Gasteiger partial charge in [0.2, 0.25) is 0 Å². The van der Waals surface area contributed by atoms with Crippen LogP contribution in [0.5, 0.6) is 5.75 Å². The highest BCUT2D eigenvalue weighted by Crippen LogP contribution is 2.31. The fraction of sp³-hybridized carbons (Fsp3) is 0.286. The number of terminal acetylenes is 2. The lowest BCUT2D eigenvalue weighted by Crippen LogP contribution is -2.17. The van der Waals surface area contributed by atoms with Gasteiger partial charge in [0.05, 0.1) is 7.11 Å². The van der Waals surface area contributed by atoms with Crippen LogP contribution in [0.25, 0.3) is 0 Å². The van der Waals surface area contributed by atoms with E-state index in [1.54, 1.807) is 7.11 Å². The normalized spacial score (nSPS) is 23.9. The molecule has 1 aliphatic heterocycles. The third-order valence-corrected chi connectivity index (χ3v) is 2.53. The minimum absolute atomic E-state index is 0.493. The molecule has 3 heteroatoms. The molecule has 1 heterocycles. The minimum Gasteiger partial charge on any atom is -0.497 e. The van der Waals surface area contributed by atoms with Crippen LogP contribution in [0.2, 0.25) is 0 Å². The van der Waals surface area contributed by atoms with Crippen molar-refractivity contribution >= 4 is 0 Å². The molecule has 2 rings (SSSR count). The Morgan fingerprint density at radius 2 is 1.59 bits per heavy atom. The lowest BCUT2D eigenvalue weighted by atomic mass is 10.2. The Morgan fingerprint density at radius 1 is 1.06 bits per heavy atom. The summed E-state index contributed by atoms with van der Waals surface area (Å²) in [6, 6.07) is 7.37. The highest BCUT2D eigenvalue weighted by atomic mass is 16.7. The molecule has 0 aliphatic carbocycles. The Kier molecular flexibility index (Phi) is 3.35. The Labute approximate surface area is 101 Å². The second kappa shape index (κ2) is 4.93. The monoisotopic (exact) mass is 228 g/mol. The van der Waals surface area contributed by atoms with Gasteiger partial charge in [-0.2, -0.15) is 0 Å². The molecule has 17 heavy (non-hydrogen) atoms. The fourth-order valence-electron chi connectivity index (χ4n) is 1.61. The molecular formula is C14H12O3. The van der Waals surface area contributed by atoms with E-state index in [1.807, 2.05) is 24.3 Å². The molecule has 2 atom stereocenters. The van der Waals surface area contributed by atoms with Crippen molar-refractivity contribution in [3.05, 3.63) is 29.8 Å². The molecule has 0 bridgehead atoms. The van der Waals surface area contributed by atoms with E-state index in [0.717, 1.165) is 11.3 Å². The van der Waals surface area contributed by atoms with E-state index in [9.17, 15) is 0 Å². The van der Waals surface area contributed by atoms with E-state index in [0.29, 0.717) is 0 Å². The summed E-state index contributed by atoms with van der Waals surface area (Å²) in [6.45, 7) is 0. The molecule has 1 aromatic rings. The number of hydrogen-bond acceptors (Lipinski definition) is 3. The highest BCUT2D eigenvalue weighted by molar-refractivity contribution is 5.28. The third kappa shape index (κ3) is 2.26. The molecule has 0 amide bonds. The lowest BCUT2D eigenvalue weighted by molar-refractivity contribution is -0.0581. The summed E-state index contributed by atoms with van der Waals surface area (Å²) in [5, 5.41) is 0. The van der Waals surface area contributed by atoms with E-state index in [2.05, 4.69) is 11.8 Å². The molecule has 0 aromatic heterocycles. The van der Waals surface area contributed by atoms with Gasteiger partial charge in [-0.15, -0.1) is 12.8 Å². The molecule has 0 N–H and O–H groups in total. The van der Waals surface area contributed by atoms with Crippen LogP contribution in [0, 0.1) is 24.7 Å². The van der Waals surface area contributed by atoms with Crippen LogP contribution in [-0.2, 0) is 9.47 Å². The Morgan fingerprint density at radius 3 is 2.00 bits per heavy atom. The third-order valence-electron chi connectivity index (χ3n) is 2.53. The standard InChI is InChI=1S/C14H12O3/c1-4-12-13(5-2)17-14(16-12)10-6-8-11(15-3)9-7-10/h1-2,6-9,12-14H,3H3/t12-,13-/m0/s1. The van der Waals surface area contributed by atoms with E-state index < -0.39 is 18.5 Å². The molecule has 0 saturated carbocycles. The summed E-state index contributed by atoms with van der Waals surface area (Å²) in [4.78, 5) is 0. The number of benzene rings is 1. The maximum absolute atomic E-state index is 5.53. The average Bonchev–Trinajstić information content (AvgIpc) is 2.82. The van der Waals surface area contributed by atoms with Gasteiger partial charge in [0.25, 0.3) is 0 Å². The van der Waals surface area contributed by atoms with Crippen LogP contribution in [-0.4, -0.2) is 19.3 Å². The number of rotatable bonds is 2. The van der Waals surface area contributed by atoms with Crippen LogP contribution < -0.4 is 4.74 Å². The molecular weight excluding hydrogens is 216 g/mol. The van der Waals surface area contributed by atoms with Crippen molar-refractivity contribution in [2.24, 2.45) is 0 Å². The first kappa shape index (κ1) is 11.5. The topological polar surface area (TPSA) is 27.7 Å². The van der Waals surface area contributed by atoms with Gasteiger partial charge in [0.15, 0.2) is 18.5 Å². The van der Waals surface area contributed by atoms with E-state index in [4.69, 9.17) is 27.1 Å². The van der Waals surface area contributed by atoms with Crippen molar-refractivity contribution in [2.75, 3.05) is 7.11 Å². The molecule has 0 spiro atoms. The van der Waals surface area contributed by atoms with Crippen LogP contribution in [0.1, 0.15) is 11.9 Å². The van der Waals surface area contributed by atoms with Crippen molar-refractivity contribution in [3.8, 4) is 30.4 Å². The summed E-state index contributed by atoms with van der Waals surface area (Å²) < 4.78 is 16.1. The smallest absolute Gasteiger partial charge is 0.187 e. The lowest BCUT2D eigenvalue weighted by Gasteiger charge is -2.10. The van der Waals surface area contributed by atoms with Gasteiger partial charge in [-0.1, -0.05) is 24.0 Å². The maximum atomic E-state index is 5.53. The van der Waals surface area contributed by atoms with Crippen molar-refractivity contribution in [2.45, 2.75) is 18.5 Å². The van der Waals surface area contributed by atoms with Crippen molar-refractivity contribution in [1.82, 2.24) is 0 Å². The summed E-state index contributed by atoms with van der Waals surface area (Å²) >= 11 is 0. The van der Waals surface area contributed by atoms with Crippen molar-refractivity contribution < 1.29 is 14.2 Å². The Bertz CT molecular complexity index is 442. The first-order chi connectivity index (χ1) is 8.28. The fourth-order valence-corrected chi connectivity index (χ4v) is 1.61. The first-order valence-corrected chi connectivity index (χ1v) is 5.15. The second-order valence-electron chi connectivity index (χ2n) is 3.55. The van der Waals surface area contributed by atoms with Gasteiger partial charge in [0.1, 0.15) is 5.75 Å². The van der Waals surface area contributed by atoms with E-state index in [1.165, 1.54) is 0 Å². The van der Waals surface area contributed by atoms with Gasteiger partial charge in [-0.05, 0) is 12.1 Å². The molecule has 1 saturated heterocycles. The highest BCUT2D eigenvalue weighted by Gasteiger charge is 2.34. The van der Waals surface area contributed by atoms with Gasteiger partial charge >= 0.3 is 0 Å². The molecule has 0 radical (unpaired) electrons. The zero-order valence-corrected chi connectivity index (χ0v) is 9.42. The molecule has 86 valence electrons. The second-order valence-corrected chi connectivity index (χ2v) is 3.55. The van der Waals surface area contributed by atoms with Gasteiger partial charge in [-0.25, -0.2) is 0 Å².